The highest BCUT2D eigenvalue weighted by atomic mass is 35.5. The highest BCUT2D eigenvalue weighted by Gasteiger charge is 2.15. The largest absolute Gasteiger partial charge is 0.322 e. The predicted molar refractivity (Wildman–Crippen MR) is 98.4 cm³/mol. The van der Waals surface area contributed by atoms with Crippen molar-refractivity contribution < 1.29 is 13.2 Å². The van der Waals surface area contributed by atoms with Crippen LogP contribution in [-0.4, -0.2) is 27.1 Å². The van der Waals surface area contributed by atoms with Gasteiger partial charge in [0.15, 0.2) is 0 Å². The van der Waals surface area contributed by atoms with E-state index in [-0.39, 0.29) is 5.91 Å². The number of sulfonamides is 1. The second-order valence-corrected chi connectivity index (χ2v) is 7.71. The minimum atomic E-state index is -3.34. The van der Waals surface area contributed by atoms with Crippen LogP contribution in [0, 0.1) is 6.92 Å². The molecule has 5 nitrogen and oxygen atoms in total. The monoisotopic (exact) mass is 366 g/mol. The SMILES string of the molecule is CCN(c1ccc(C(=O)Nc2ccc(C)c(Cl)c2)cc1)S(C)(=O)=O. The van der Waals surface area contributed by atoms with Crippen molar-refractivity contribution in [2.75, 3.05) is 22.4 Å². The van der Waals surface area contributed by atoms with Crippen molar-refractivity contribution in [1.82, 2.24) is 0 Å². The van der Waals surface area contributed by atoms with Gasteiger partial charge >= 0.3 is 0 Å². The molecule has 0 fully saturated rings. The predicted octanol–water partition coefficient (Wildman–Crippen LogP) is 3.69. The number of benzene rings is 2. The summed E-state index contributed by atoms with van der Waals surface area (Å²) >= 11 is 6.04. The molecule has 0 aromatic heterocycles. The molecule has 128 valence electrons. The lowest BCUT2D eigenvalue weighted by Gasteiger charge is -2.20. The Kier molecular flexibility index (Phi) is 5.51. The van der Waals surface area contributed by atoms with Gasteiger partial charge in [-0.2, -0.15) is 0 Å². The lowest BCUT2D eigenvalue weighted by molar-refractivity contribution is 0.102. The summed E-state index contributed by atoms with van der Waals surface area (Å²) in [6, 6.07) is 11.7. The number of carbonyl (C=O) groups is 1. The van der Waals surface area contributed by atoms with E-state index in [9.17, 15) is 13.2 Å². The summed E-state index contributed by atoms with van der Waals surface area (Å²) in [5.74, 6) is -0.288. The molecule has 0 saturated heterocycles. The van der Waals surface area contributed by atoms with Crippen LogP contribution in [0.4, 0.5) is 11.4 Å². The topological polar surface area (TPSA) is 66.5 Å². The average Bonchev–Trinajstić information content (AvgIpc) is 2.51. The van der Waals surface area contributed by atoms with E-state index in [4.69, 9.17) is 11.6 Å². The highest BCUT2D eigenvalue weighted by molar-refractivity contribution is 7.92. The van der Waals surface area contributed by atoms with E-state index in [1.807, 2.05) is 13.0 Å². The van der Waals surface area contributed by atoms with Crippen molar-refractivity contribution in [2.24, 2.45) is 0 Å². The van der Waals surface area contributed by atoms with Crippen LogP contribution < -0.4 is 9.62 Å². The third-order valence-corrected chi connectivity index (χ3v) is 5.21. The van der Waals surface area contributed by atoms with Gasteiger partial charge in [0.05, 0.1) is 11.9 Å². The van der Waals surface area contributed by atoms with Gasteiger partial charge in [-0.3, -0.25) is 9.10 Å². The summed E-state index contributed by atoms with van der Waals surface area (Å²) in [5, 5.41) is 3.34. The molecule has 1 N–H and O–H groups in total. The maximum Gasteiger partial charge on any atom is 0.255 e. The molecule has 1 amide bonds. The highest BCUT2D eigenvalue weighted by Crippen LogP contribution is 2.22. The van der Waals surface area contributed by atoms with Gasteiger partial charge in [0, 0.05) is 22.8 Å². The van der Waals surface area contributed by atoms with Gasteiger partial charge < -0.3 is 5.32 Å². The number of anilines is 2. The summed E-state index contributed by atoms with van der Waals surface area (Å²) in [6.45, 7) is 3.96. The lowest BCUT2D eigenvalue weighted by atomic mass is 10.1. The van der Waals surface area contributed by atoms with Crippen molar-refractivity contribution in [2.45, 2.75) is 13.8 Å². The van der Waals surface area contributed by atoms with Gasteiger partial charge in [0.1, 0.15) is 0 Å². The van der Waals surface area contributed by atoms with E-state index in [0.29, 0.717) is 28.5 Å². The molecule has 0 aliphatic rings. The fourth-order valence-electron chi connectivity index (χ4n) is 2.26. The van der Waals surface area contributed by atoms with Gasteiger partial charge in [0.2, 0.25) is 10.0 Å². The minimum Gasteiger partial charge on any atom is -0.322 e. The molecule has 0 saturated carbocycles. The third-order valence-electron chi connectivity index (χ3n) is 3.53. The number of aryl methyl sites for hydroxylation is 1. The molecule has 0 aliphatic heterocycles. The van der Waals surface area contributed by atoms with Gasteiger partial charge in [0.25, 0.3) is 5.91 Å². The zero-order chi connectivity index (χ0) is 17.9. The van der Waals surface area contributed by atoms with Crippen molar-refractivity contribution in [1.29, 1.82) is 0 Å². The molecule has 24 heavy (non-hydrogen) atoms. The maximum absolute atomic E-state index is 12.3. The van der Waals surface area contributed by atoms with E-state index >= 15 is 0 Å². The summed E-state index contributed by atoms with van der Waals surface area (Å²) in [6.07, 6.45) is 1.15. The summed E-state index contributed by atoms with van der Waals surface area (Å²) in [4.78, 5) is 12.3. The Bertz CT molecular complexity index is 849. The van der Waals surface area contributed by atoms with Crippen molar-refractivity contribution >= 4 is 38.9 Å². The molecule has 0 heterocycles. The summed E-state index contributed by atoms with van der Waals surface area (Å²) < 4.78 is 24.7. The zero-order valence-electron chi connectivity index (χ0n) is 13.7. The molecule has 7 heteroatoms. The van der Waals surface area contributed by atoms with Crippen LogP contribution in [0.2, 0.25) is 5.02 Å². The number of halogens is 1. The molecular weight excluding hydrogens is 348 g/mol. The van der Waals surface area contributed by atoms with Crippen LogP contribution in [0.5, 0.6) is 0 Å². The number of rotatable bonds is 5. The Morgan fingerprint density at radius 2 is 1.79 bits per heavy atom. The fourth-order valence-corrected chi connectivity index (χ4v) is 3.42. The number of amides is 1. The molecule has 0 aliphatic carbocycles. The molecule has 0 unspecified atom stereocenters. The molecule has 2 aromatic carbocycles. The van der Waals surface area contributed by atoms with Gasteiger partial charge in [-0.25, -0.2) is 8.42 Å². The van der Waals surface area contributed by atoms with E-state index < -0.39 is 10.0 Å². The Morgan fingerprint density at radius 3 is 2.29 bits per heavy atom. The third kappa shape index (κ3) is 4.27. The van der Waals surface area contributed by atoms with Gasteiger partial charge in [-0.1, -0.05) is 17.7 Å². The average molecular weight is 367 g/mol. The van der Waals surface area contributed by atoms with Crippen LogP contribution in [0.25, 0.3) is 0 Å². The van der Waals surface area contributed by atoms with Crippen LogP contribution in [0.1, 0.15) is 22.8 Å². The first kappa shape index (κ1) is 18.3. The number of hydrogen-bond donors (Lipinski definition) is 1. The van der Waals surface area contributed by atoms with Crippen LogP contribution in [0.15, 0.2) is 42.5 Å². The minimum absolute atomic E-state index is 0.288. The smallest absolute Gasteiger partial charge is 0.255 e. The van der Waals surface area contributed by atoms with E-state index in [1.165, 1.54) is 4.31 Å². The van der Waals surface area contributed by atoms with E-state index in [1.54, 1.807) is 43.3 Å². The Hall–Kier alpha value is -2.05. The first-order chi connectivity index (χ1) is 11.2. The van der Waals surface area contributed by atoms with Crippen LogP contribution in [-0.2, 0) is 10.0 Å². The molecule has 2 rings (SSSR count). The van der Waals surface area contributed by atoms with Crippen LogP contribution in [0.3, 0.4) is 0 Å². The molecule has 2 aromatic rings. The standard InChI is InChI=1S/C17H19ClN2O3S/c1-4-20(24(3,22)23)15-9-6-13(7-10-15)17(21)19-14-8-5-12(2)16(18)11-14/h5-11H,4H2,1-3H3,(H,19,21). The lowest BCUT2D eigenvalue weighted by Crippen LogP contribution is -2.29. The number of carbonyl (C=O) groups excluding carboxylic acids is 1. The molecule has 0 atom stereocenters. The number of nitrogens with one attached hydrogen (secondary N) is 1. The van der Waals surface area contributed by atoms with Crippen molar-refractivity contribution in [3.8, 4) is 0 Å². The Balaban J connectivity index is 2.18. The summed E-state index contributed by atoms with van der Waals surface area (Å²) in [5.41, 5.74) is 2.49. The normalized spacial score (nSPS) is 11.2. The zero-order valence-corrected chi connectivity index (χ0v) is 15.3. The molecule has 0 bridgehead atoms. The van der Waals surface area contributed by atoms with Gasteiger partial charge in [-0.05, 0) is 55.8 Å². The summed E-state index contributed by atoms with van der Waals surface area (Å²) in [7, 11) is -3.34. The fraction of sp³-hybridized carbons (Fsp3) is 0.235. The van der Waals surface area contributed by atoms with Crippen LogP contribution >= 0.6 is 11.6 Å². The molecule has 0 spiro atoms. The van der Waals surface area contributed by atoms with Crippen molar-refractivity contribution in [3.05, 3.63) is 58.6 Å². The van der Waals surface area contributed by atoms with Crippen molar-refractivity contribution in [3.63, 3.8) is 0 Å². The second-order valence-electron chi connectivity index (χ2n) is 5.39. The maximum atomic E-state index is 12.3. The molecular formula is C17H19ClN2O3S. The number of nitrogens with zero attached hydrogens (tertiary/aromatic N) is 1. The molecule has 0 radical (unpaired) electrons. The second kappa shape index (κ2) is 7.23. The Morgan fingerprint density at radius 1 is 1.17 bits per heavy atom. The quantitative estimate of drug-likeness (QED) is 0.877. The van der Waals surface area contributed by atoms with E-state index in [2.05, 4.69) is 5.32 Å². The van der Waals surface area contributed by atoms with E-state index in [0.717, 1.165) is 11.8 Å². The Labute approximate surface area is 147 Å². The van der Waals surface area contributed by atoms with Gasteiger partial charge in [-0.15, -0.1) is 0 Å². The first-order valence-electron chi connectivity index (χ1n) is 7.37. The number of hydrogen-bond acceptors (Lipinski definition) is 3. The first-order valence-corrected chi connectivity index (χ1v) is 9.60.